The minimum Gasteiger partial charge on any atom is -0.444 e. The van der Waals surface area contributed by atoms with E-state index in [2.05, 4.69) is 4.98 Å². The number of aliphatic hydroxyl groups is 1. The molecule has 2 rings (SSSR count). The van der Waals surface area contributed by atoms with Crippen LogP contribution in [0.4, 0.5) is 0 Å². The van der Waals surface area contributed by atoms with E-state index in [1.807, 2.05) is 19.1 Å². The van der Waals surface area contributed by atoms with Crippen molar-refractivity contribution in [2.24, 2.45) is 0 Å². The number of aryl methyl sites for hydroxylation is 1. The summed E-state index contributed by atoms with van der Waals surface area (Å²) in [5.41, 5.74) is 0.797. The Morgan fingerprint density at radius 1 is 1.53 bits per heavy atom. The molecule has 1 unspecified atom stereocenters. The smallest absolute Gasteiger partial charge is 0.236 e. The van der Waals surface area contributed by atoms with Gasteiger partial charge in [0.1, 0.15) is 6.26 Å². The van der Waals surface area contributed by atoms with E-state index in [4.69, 9.17) is 4.42 Å². The highest BCUT2D eigenvalue weighted by Gasteiger charge is 2.09. The summed E-state index contributed by atoms with van der Waals surface area (Å²) in [6.07, 6.45) is 1.76. The summed E-state index contributed by atoms with van der Waals surface area (Å²) in [6, 6.07) is 4.04. The topological polar surface area (TPSA) is 46.3 Å². The minimum atomic E-state index is -0.381. The lowest BCUT2D eigenvalue weighted by Gasteiger charge is -1.96. The average Bonchev–Trinajstić information content (AvgIpc) is 2.72. The highest BCUT2D eigenvalue weighted by atomic mass is 32.1. The summed E-state index contributed by atoms with van der Waals surface area (Å²) in [4.78, 5) is 6.59. The van der Waals surface area contributed by atoms with Crippen LogP contribution in [0.1, 0.15) is 17.5 Å². The lowest BCUT2D eigenvalue weighted by Crippen LogP contribution is -2.03. The molecule has 1 atom stereocenters. The molecule has 0 spiro atoms. The van der Waals surface area contributed by atoms with Crippen LogP contribution in [0.15, 0.2) is 22.8 Å². The zero-order valence-electron chi connectivity index (χ0n) is 8.73. The first kappa shape index (κ1) is 10.4. The van der Waals surface area contributed by atoms with Gasteiger partial charge in [0.25, 0.3) is 0 Å². The molecule has 2 heterocycles. The number of hydrogen-bond donors (Lipinski definition) is 1. The van der Waals surface area contributed by atoms with Gasteiger partial charge in [0, 0.05) is 11.3 Å². The second-order valence-electron chi connectivity index (χ2n) is 3.61. The third-order valence-electron chi connectivity index (χ3n) is 2.01. The van der Waals surface area contributed by atoms with Gasteiger partial charge in [-0.3, -0.25) is 0 Å². The quantitative estimate of drug-likeness (QED) is 0.870. The van der Waals surface area contributed by atoms with E-state index < -0.39 is 0 Å². The van der Waals surface area contributed by atoms with Gasteiger partial charge in [0.15, 0.2) is 0 Å². The maximum Gasteiger partial charge on any atom is 0.236 e. The third-order valence-corrected chi connectivity index (χ3v) is 3.00. The van der Waals surface area contributed by atoms with E-state index in [0.717, 1.165) is 10.6 Å². The normalized spacial score (nSPS) is 13.0. The van der Waals surface area contributed by atoms with Gasteiger partial charge in [-0.2, -0.15) is 0 Å². The monoisotopic (exact) mass is 223 g/mol. The minimum absolute atomic E-state index is 0.381. The van der Waals surface area contributed by atoms with Crippen molar-refractivity contribution in [3.63, 3.8) is 0 Å². The molecular formula is C11H13NO2S. The van der Waals surface area contributed by atoms with Crippen LogP contribution in [-0.4, -0.2) is 16.2 Å². The summed E-state index contributed by atoms with van der Waals surface area (Å²) >= 11 is 1.65. The molecular weight excluding hydrogens is 210 g/mol. The van der Waals surface area contributed by atoms with Crippen molar-refractivity contribution in [2.45, 2.75) is 26.4 Å². The molecule has 4 heteroatoms. The highest BCUT2D eigenvalue weighted by Crippen LogP contribution is 2.26. The van der Waals surface area contributed by atoms with Crippen molar-refractivity contribution in [3.05, 3.63) is 29.0 Å². The third kappa shape index (κ3) is 2.46. The molecule has 2 aromatic heterocycles. The van der Waals surface area contributed by atoms with Crippen molar-refractivity contribution in [3.8, 4) is 10.8 Å². The molecule has 0 aromatic carbocycles. The van der Waals surface area contributed by atoms with Crippen LogP contribution < -0.4 is 0 Å². The predicted octanol–water partition coefficient (Wildman–Crippen LogP) is 2.63. The Balaban J connectivity index is 2.20. The fourth-order valence-corrected chi connectivity index (χ4v) is 2.17. The standard InChI is InChI=1S/C11H13NO2S/c1-7(13)5-9-6-14-11(12-9)10-4-3-8(2)15-10/h3-4,6-7,13H,5H2,1-2H3. The van der Waals surface area contributed by atoms with Crippen LogP contribution in [0, 0.1) is 6.92 Å². The lowest BCUT2D eigenvalue weighted by atomic mass is 10.2. The van der Waals surface area contributed by atoms with Gasteiger partial charge in [0.05, 0.1) is 16.7 Å². The van der Waals surface area contributed by atoms with Gasteiger partial charge in [0.2, 0.25) is 5.89 Å². The first-order valence-corrected chi connectivity index (χ1v) is 5.66. The Morgan fingerprint density at radius 2 is 2.33 bits per heavy atom. The first-order valence-electron chi connectivity index (χ1n) is 4.84. The van der Waals surface area contributed by atoms with Crippen LogP contribution in [0.5, 0.6) is 0 Å². The van der Waals surface area contributed by atoms with Crippen molar-refractivity contribution in [1.82, 2.24) is 4.98 Å². The Labute approximate surface area is 92.4 Å². The second-order valence-corrected chi connectivity index (χ2v) is 4.90. The van der Waals surface area contributed by atoms with Crippen molar-refractivity contribution in [1.29, 1.82) is 0 Å². The van der Waals surface area contributed by atoms with Crippen LogP contribution in [-0.2, 0) is 6.42 Å². The van der Waals surface area contributed by atoms with E-state index in [-0.39, 0.29) is 6.10 Å². The van der Waals surface area contributed by atoms with Gasteiger partial charge in [-0.1, -0.05) is 0 Å². The van der Waals surface area contributed by atoms with Crippen LogP contribution in [0.25, 0.3) is 10.8 Å². The summed E-state index contributed by atoms with van der Waals surface area (Å²) in [5.74, 6) is 0.642. The fourth-order valence-electron chi connectivity index (χ4n) is 1.37. The van der Waals surface area contributed by atoms with Crippen LogP contribution in [0.3, 0.4) is 0 Å². The molecule has 0 aliphatic rings. The summed E-state index contributed by atoms with van der Waals surface area (Å²) < 4.78 is 5.35. The molecule has 80 valence electrons. The van der Waals surface area contributed by atoms with Crippen molar-refractivity contribution in [2.75, 3.05) is 0 Å². The number of nitrogens with zero attached hydrogens (tertiary/aromatic N) is 1. The zero-order valence-corrected chi connectivity index (χ0v) is 9.54. The zero-order chi connectivity index (χ0) is 10.8. The molecule has 1 N–H and O–H groups in total. The SMILES string of the molecule is Cc1ccc(-c2nc(CC(C)O)co2)s1. The molecule has 0 bridgehead atoms. The number of oxazole rings is 1. The van der Waals surface area contributed by atoms with Gasteiger partial charge in [-0.15, -0.1) is 11.3 Å². The second kappa shape index (κ2) is 4.16. The Kier molecular flexibility index (Phi) is 2.88. The maximum absolute atomic E-state index is 9.21. The summed E-state index contributed by atoms with van der Waals surface area (Å²) in [6.45, 7) is 3.79. The Morgan fingerprint density at radius 3 is 2.93 bits per heavy atom. The molecule has 0 radical (unpaired) electrons. The first-order chi connectivity index (χ1) is 7.15. The molecule has 0 saturated carbocycles. The molecule has 0 fully saturated rings. The molecule has 3 nitrogen and oxygen atoms in total. The maximum atomic E-state index is 9.21. The van der Waals surface area contributed by atoms with Crippen molar-refractivity contribution >= 4 is 11.3 Å². The fraction of sp³-hybridized carbons (Fsp3) is 0.364. The Hall–Kier alpha value is -1.13. The number of rotatable bonds is 3. The van der Waals surface area contributed by atoms with Crippen LogP contribution in [0.2, 0.25) is 0 Å². The van der Waals surface area contributed by atoms with E-state index >= 15 is 0 Å². The van der Waals surface area contributed by atoms with Gasteiger partial charge < -0.3 is 9.52 Å². The van der Waals surface area contributed by atoms with E-state index in [0.29, 0.717) is 12.3 Å². The van der Waals surface area contributed by atoms with E-state index in [9.17, 15) is 5.11 Å². The molecule has 2 aromatic rings. The number of thiophene rings is 1. The van der Waals surface area contributed by atoms with Crippen LogP contribution >= 0.6 is 11.3 Å². The molecule has 0 aliphatic carbocycles. The lowest BCUT2D eigenvalue weighted by molar-refractivity contribution is 0.194. The van der Waals surface area contributed by atoms with E-state index in [1.54, 1.807) is 24.5 Å². The van der Waals surface area contributed by atoms with Gasteiger partial charge in [-0.25, -0.2) is 4.98 Å². The molecule has 0 aliphatic heterocycles. The van der Waals surface area contributed by atoms with Crippen molar-refractivity contribution < 1.29 is 9.52 Å². The average molecular weight is 223 g/mol. The number of hydrogen-bond acceptors (Lipinski definition) is 4. The van der Waals surface area contributed by atoms with Gasteiger partial charge in [-0.05, 0) is 26.0 Å². The largest absolute Gasteiger partial charge is 0.444 e. The number of aromatic nitrogens is 1. The van der Waals surface area contributed by atoms with E-state index in [1.165, 1.54) is 4.88 Å². The summed E-state index contributed by atoms with van der Waals surface area (Å²) in [5, 5.41) is 9.21. The molecule has 0 amide bonds. The summed E-state index contributed by atoms with van der Waals surface area (Å²) in [7, 11) is 0. The molecule has 0 saturated heterocycles. The molecule has 15 heavy (non-hydrogen) atoms. The Bertz CT molecular complexity index is 445. The predicted molar refractivity (Wildman–Crippen MR) is 59.9 cm³/mol. The highest BCUT2D eigenvalue weighted by molar-refractivity contribution is 7.15. The number of aliphatic hydroxyl groups excluding tert-OH is 1. The van der Waals surface area contributed by atoms with Gasteiger partial charge >= 0.3 is 0 Å².